The average molecular weight is 334 g/mol. The summed E-state index contributed by atoms with van der Waals surface area (Å²) in [6.07, 6.45) is 1.12. The van der Waals surface area contributed by atoms with Gasteiger partial charge in [0.25, 0.3) is 15.8 Å². The third kappa shape index (κ3) is 3.88. The van der Waals surface area contributed by atoms with E-state index in [1.54, 1.807) is 0 Å². The molecule has 1 N–H and O–H groups in total. The maximum Gasteiger partial charge on any atom is 0.288 e. The summed E-state index contributed by atoms with van der Waals surface area (Å²) in [4.78, 5) is 3.49. The van der Waals surface area contributed by atoms with Crippen LogP contribution in [0, 0.1) is 5.82 Å². The van der Waals surface area contributed by atoms with Gasteiger partial charge in [0.15, 0.2) is 5.82 Å². The predicted octanol–water partition coefficient (Wildman–Crippen LogP) is 3.34. The van der Waals surface area contributed by atoms with Crippen LogP contribution in [0.5, 0.6) is 0 Å². The number of rotatable bonds is 5. The van der Waals surface area contributed by atoms with E-state index in [0.29, 0.717) is 0 Å². The van der Waals surface area contributed by atoms with Crippen LogP contribution in [0.1, 0.15) is 0 Å². The van der Waals surface area contributed by atoms with E-state index in [2.05, 4.69) is 9.71 Å². The molecule has 0 radical (unpaired) electrons. The number of anilines is 1. The fourth-order valence-electron chi connectivity index (χ4n) is 1.51. The van der Waals surface area contributed by atoms with Gasteiger partial charge in [0.1, 0.15) is 0 Å². The second kappa shape index (κ2) is 6.35. The Morgan fingerprint density at radius 3 is 2.52 bits per heavy atom. The minimum Gasteiger partial charge on any atom is -0.277 e. The maximum atomic E-state index is 13.5. The highest BCUT2D eigenvalue weighted by atomic mass is 32.2. The molecule has 0 saturated carbocycles. The van der Waals surface area contributed by atoms with Crippen LogP contribution in [0.2, 0.25) is 0 Å². The summed E-state index contributed by atoms with van der Waals surface area (Å²) in [7, 11) is -4.30. The lowest BCUT2D eigenvalue weighted by Crippen LogP contribution is -2.16. The smallest absolute Gasteiger partial charge is 0.277 e. The number of alkyl halides is 2. The Kier molecular flexibility index (Phi) is 4.73. The van der Waals surface area contributed by atoms with Gasteiger partial charge < -0.3 is 0 Å². The van der Waals surface area contributed by atoms with Gasteiger partial charge in [0, 0.05) is 11.1 Å². The van der Waals surface area contributed by atoms with Crippen LogP contribution in [-0.2, 0) is 10.0 Å². The monoisotopic (exact) mass is 334 g/mol. The van der Waals surface area contributed by atoms with E-state index in [1.807, 2.05) is 0 Å². The zero-order valence-electron chi connectivity index (χ0n) is 10.3. The lowest BCUT2D eigenvalue weighted by molar-refractivity contribution is 0.252. The second-order valence-corrected chi connectivity index (χ2v) is 6.40. The molecule has 1 aromatic carbocycles. The summed E-state index contributed by atoms with van der Waals surface area (Å²) in [5.74, 6) is -3.73. The number of aromatic nitrogens is 1. The van der Waals surface area contributed by atoms with Gasteiger partial charge in [0.05, 0.1) is 5.69 Å². The zero-order valence-corrected chi connectivity index (χ0v) is 12.0. The fraction of sp³-hybridized carbons (Fsp3) is 0.0833. The van der Waals surface area contributed by atoms with E-state index in [-0.39, 0.29) is 22.3 Å². The molecule has 1 aromatic heterocycles. The van der Waals surface area contributed by atoms with Crippen LogP contribution in [0.15, 0.2) is 52.5 Å². The number of hydrogen-bond acceptors (Lipinski definition) is 4. The molecular formula is C12H9F3N2O2S2. The normalized spacial score (nSPS) is 11.6. The molecule has 1 heterocycles. The van der Waals surface area contributed by atoms with Crippen molar-refractivity contribution in [1.29, 1.82) is 0 Å². The first-order chi connectivity index (χ1) is 9.90. The van der Waals surface area contributed by atoms with Gasteiger partial charge >= 0.3 is 0 Å². The topological polar surface area (TPSA) is 59.1 Å². The first kappa shape index (κ1) is 15.6. The molecule has 0 aliphatic heterocycles. The minimum atomic E-state index is -4.30. The van der Waals surface area contributed by atoms with Crippen LogP contribution in [-0.4, -0.2) is 19.2 Å². The molecule has 21 heavy (non-hydrogen) atoms. The summed E-state index contributed by atoms with van der Waals surface area (Å²) in [6.45, 7) is 0. The number of nitrogens with one attached hydrogen (secondary N) is 1. The van der Waals surface area contributed by atoms with Crippen molar-refractivity contribution in [2.24, 2.45) is 0 Å². The number of nitrogens with zero attached hydrogens (tertiary/aromatic N) is 1. The van der Waals surface area contributed by atoms with E-state index in [4.69, 9.17) is 0 Å². The zero-order chi connectivity index (χ0) is 15.5. The molecule has 2 rings (SSSR count). The molecule has 2 aromatic rings. The van der Waals surface area contributed by atoms with Crippen molar-refractivity contribution < 1.29 is 21.6 Å². The Balaban J connectivity index is 2.36. The number of benzene rings is 1. The summed E-state index contributed by atoms with van der Waals surface area (Å²) in [5.41, 5.74) is -0.0622. The lowest BCUT2D eigenvalue weighted by atomic mass is 10.3. The molecular weight excluding hydrogens is 325 g/mol. The molecule has 0 atom stereocenters. The van der Waals surface area contributed by atoms with Gasteiger partial charge in [0.2, 0.25) is 5.03 Å². The Labute approximate surface area is 123 Å². The molecule has 0 fully saturated rings. The number of sulfonamides is 1. The van der Waals surface area contributed by atoms with Crippen LogP contribution >= 0.6 is 11.8 Å². The maximum absolute atomic E-state index is 13.5. The van der Waals surface area contributed by atoms with Crippen molar-refractivity contribution in [1.82, 2.24) is 4.98 Å². The first-order valence-electron chi connectivity index (χ1n) is 5.57. The number of thioether (sulfide) groups is 1. The Morgan fingerprint density at radius 1 is 1.14 bits per heavy atom. The highest BCUT2D eigenvalue weighted by Crippen LogP contribution is 2.32. The molecule has 112 valence electrons. The third-order valence-electron chi connectivity index (χ3n) is 2.33. The highest BCUT2D eigenvalue weighted by Gasteiger charge is 2.22. The number of halogens is 3. The first-order valence-corrected chi connectivity index (χ1v) is 7.93. The van der Waals surface area contributed by atoms with Crippen molar-refractivity contribution in [3.8, 4) is 0 Å². The summed E-state index contributed by atoms with van der Waals surface area (Å²) in [5, 5.41) is -0.790. The van der Waals surface area contributed by atoms with Gasteiger partial charge in [-0.2, -0.15) is 17.2 Å². The third-order valence-corrected chi connectivity index (χ3v) is 4.41. The molecule has 0 unspecified atom stereocenters. The van der Waals surface area contributed by atoms with Crippen molar-refractivity contribution in [3.63, 3.8) is 0 Å². The molecule has 0 bridgehead atoms. The molecule has 0 aliphatic rings. The Hall–Kier alpha value is -1.74. The van der Waals surface area contributed by atoms with Crippen molar-refractivity contribution >= 4 is 27.5 Å². The fourth-order valence-corrected chi connectivity index (χ4v) is 3.26. The van der Waals surface area contributed by atoms with E-state index >= 15 is 0 Å². The quantitative estimate of drug-likeness (QED) is 0.852. The van der Waals surface area contributed by atoms with Gasteiger partial charge in [-0.3, -0.25) is 4.72 Å². The van der Waals surface area contributed by atoms with Gasteiger partial charge in [-0.25, -0.2) is 9.37 Å². The predicted molar refractivity (Wildman–Crippen MR) is 73.3 cm³/mol. The summed E-state index contributed by atoms with van der Waals surface area (Å²) >= 11 is 0.191. The van der Waals surface area contributed by atoms with Crippen LogP contribution in [0.25, 0.3) is 0 Å². The van der Waals surface area contributed by atoms with Gasteiger partial charge in [-0.1, -0.05) is 23.9 Å². The van der Waals surface area contributed by atoms with E-state index < -0.39 is 26.6 Å². The SMILES string of the molecule is O=S(=O)(Nc1ccccc1SC(F)F)c1ncccc1F. The molecule has 9 heteroatoms. The molecule has 0 spiro atoms. The highest BCUT2D eigenvalue weighted by molar-refractivity contribution is 7.99. The molecule has 4 nitrogen and oxygen atoms in total. The number of hydrogen-bond donors (Lipinski definition) is 1. The summed E-state index contributed by atoms with van der Waals surface area (Å²) < 4.78 is 64.5. The Morgan fingerprint density at radius 2 is 1.86 bits per heavy atom. The minimum absolute atomic E-state index is 0.0346. The van der Waals surface area contributed by atoms with Crippen molar-refractivity contribution in [2.45, 2.75) is 15.7 Å². The van der Waals surface area contributed by atoms with Crippen molar-refractivity contribution in [3.05, 3.63) is 48.4 Å². The lowest BCUT2D eigenvalue weighted by Gasteiger charge is -2.11. The second-order valence-electron chi connectivity index (χ2n) is 3.77. The van der Waals surface area contributed by atoms with E-state index in [0.717, 1.165) is 12.3 Å². The van der Waals surface area contributed by atoms with E-state index in [9.17, 15) is 21.6 Å². The molecule has 0 saturated heterocycles. The van der Waals surface area contributed by atoms with E-state index in [1.165, 1.54) is 30.3 Å². The van der Waals surface area contributed by atoms with Gasteiger partial charge in [-0.05, 0) is 24.3 Å². The van der Waals surface area contributed by atoms with Crippen LogP contribution in [0.4, 0.5) is 18.9 Å². The molecule has 0 aliphatic carbocycles. The largest absolute Gasteiger partial charge is 0.288 e. The average Bonchev–Trinajstić information content (AvgIpc) is 2.40. The van der Waals surface area contributed by atoms with Gasteiger partial charge in [-0.15, -0.1) is 0 Å². The Bertz CT molecular complexity index is 739. The van der Waals surface area contributed by atoms with Crippen LogP contribution in [0.3, 0.4) is 0 Å². The summed E-state index contributed by atoms with van der Waals surface area (Å²) in [6, 6.07) is 7.80. The number of pyridine rings is 1. The van der Waals surface area contributed by atoms with Crippen molar-refractivity contribution in [2.75, 3.05) is 4.72 Å². The molecule has 0 amide bonds. The number of para-hydroxylation sites is 1. The van der Waals surface area contributed by atoms with Crippen LogP contribution < -0.4 is 4.72 Å². The standard InChI is InChI=1S/C12H9F3N2O2S2/c13-8-4-3-7-16-11(8)21(18,19)17-9-5-1-2-6-10(9)20-12(14)15/h1-7,12,17H.